The molecule has 0 spiro atoms. The summed E-state index contributed by atoms with van der Waals surface area (Å²) in [5.41, 5.74) is 0.958. The van der Waals surface area contributed by atoms with Gasteiger partial charge in [0.1, 0.15) is 5.82 Å². The Morgan fingerprint density at radius 3 is 2.65 bits per heavy atom. The number of anilines is 1. The molecule has 5 nitrogen and oxygen atoms in total. The van der Waals surface area contributed by atoms with Crippen molar-refractivity contribution in [1.29, 1.82) is 0 Å². The van der Waals surface area contributed by atoms with E-state index in [1.54, 1.807) is 35.3 Å². The van der Waals surface area contributed by atoms with Crippen LogP contribution in [0.4, 0.5) is 19.0 Å². The van der Waals surface area contributed by atoms with Crippen LogP contribution in [0.1, 0.15) is 21.5 Å². The van der Waals surface area contributed by atoms with Crippen molar-refractivity contribution in [1.82, 2.24) is 14.8 Å². The van der Waals surface area contributed by atoms with Gasteiger partial charge in [0.25, 0.3) is 5.91 Å². The van der Waals surface area contributed by atoms with Crippen LogP contribution >= 0.6 is 15.9 Å². The van der Waals surface area contributed by atoms with Crippen molar-refractivity contribution in [3.05, 3.63) is 70.1 Å². The third-order valence-electron chi connectivity index (χ3n) is 3.60. The minimum atomic E-state index is -4.51. The van der Waals surface area contributed by atoms with Gasteiger partial charge in [-0.25, -0.2) is 9.67 Å². The summed E-state index contributed by atoms with van der Waals surface area (Å²) in [6.07, 6.45) is -0.162. The van der Waals surface area contributed by atoms with E-state index >= 15 is 0 Å². The van der Waals surface area contributed by atoms with Gasteiger partial charge in [-0.1, -0.05) is 6.07 Å². The molecule has 0 aliphatic heterocycles. The molecule has 1 aromatic carbocycles. The van der Waals surface area contributed by atoms with Gasteiger partial charge < -0.3 is 5.32 Å². The van der Waals surface area contributed by atoms with E-state index in [-0.39, 0.29) is 11.4 Å². The zero-order valence-corrected chi connectivity index (χ0v) is 15.0. The van der Waals surface area contributed by atoms with E-state index in [0.717, 1.165) is 28.4 Å². The van der Waals surface area contributed by atoms with Crippen molar-refractivity contribution >= 4 is 27.7 Å². The van der Waals surface area contributed by atoms with E-state index in [9.17, 15) is 18.0 Å². The minimum Gasteiger partial charge on any atom is -0.307 e. The van der Waals surface area contributed by atoms with Crippen LogP contribution in [0.3, 0.4) is 0 Å². The largest absolute Gasteiger partial charge is 0.416 e. The lowest BCUT2D eigenvalue weighted by Crippen LogP contribution is -2.15. The fourth-order valence-electron chi connectivity index (χ4n) is 2.29. The van der Waals surface area contributed by atoms with Crippen LogP contribution in [0.25, 0.3) is 5.69 Å². The van der Waals surface area contributed by atoms with Gasteiger partial charge in [-0.05, 0) is 52.7 Å². The quantitative estimate of drug-likeness (QED) is 0.667. The highest BCUT2D eigenvalue weighted by atomic mass is 79.9. The van der Waals surface area contributed by atoms with Gasteiger partial charge in [-0.2, -0.15) is 18.3 Å². The molecule has 3 aromatic rings. The number of rotatable bonds is 3. The Labute approximate surface area is 155 Å². The molecule has 0 saturated carbocycles. The maximum atomic E-state index is 12.8. The predicted molar refractivity (Wildman–Crippen MR) is 93.2 cm³/mol. The Kier molecular flexibility index (Phi) is 4.82. The summed E-state index contributed by atoms with van der Waals surface area (Å²) >= 11 is 3.31. The van der Waals surface area contributed by atoms with Crippen LogP contribution in [0.15, 0.2) is 53.4 Å². The second-order valence-electron chi connectivity index (χ2n) is 5.49. The molecule has 2 heterocycles. The first kappa shape index (κ1) is 18.1. The predicted octanol–water partition coefficient (Wildman–Crippen LogP) is 4.61. The van der Waals surface area contributed by atoms with Crippen LogP contribution < -0.4 is 5.32 Å². The number of benzene rings is 1. The van der Waals surface area contributed by atoms with E-state index in [0.29, 0.717) is 5.69 Å². The smallest absolute Gasteiger partial charge is 0.307 e. The Balaban J connectivity index is 1.87. The average Bonchev–Trinajstić information content (AvgIpc) is 3.01. The van der Waals surface area contributed by atoms with Gasteiger partial charge in [0, 0.05) is 18.0 Å². The Bertz CT molecular complexity index is 969. The summed E-state index contributed by atoms with van der Waals surface area (Å²) in [4.78, 5) is 16.2. The van der Waals surface area contributed by atoms with Crippen LogP contribution in [-0.2, 0) is 6.18 Å². The zero-order chi connectivity index (χ0) is 18.9. The van der Waals surface area contributed by atoms with Gasteiger partial charge in [-0.15, -0.1) is 0 Å². The summed E-state index contributed by atoms with van der Waals surface area (Å²) in [5, 5.41) is 6.56. The van der Waals surface area contributed by atoms with Crippen molar-refractivity contribution in [3.8, 4) is 5.69 Å². The van der Waals surface area contributed by atoms with Crippen molar-refractivity contribution in [3.63, 3.8) is 0 Å². The number of carbonyl (C=O) groups is 1. The van der Waals surface area contributed by atoms with Crippen LogP contribution in [0, 0.1) is 6.92 Å². The van der Waals surface area contributed by atoms with Gasteiger partial charge in [0.2, 0.25) is 0 Å². The highest BCUT2D eigenvalue weighted by Gasteiger charge is 2.30. The molecule has 26 heavy (non-hydrogen) atoms. The lowest BCUT2D eigenvalue weighted by molar-refractivity contribution is -0.137. The fourth-order valence-corrected chi connectivity index (χ4v) is 2.58. The fraction of sp³-hybridized carbons (Fsp3) is 0.118. The standard InChI is InChI=1S/C17H12BrF3N4O/c1-10-2-3-11(6-14(10)25-9-13(18)8-23-25)16(26)24-15-7-12(4-5-22-15)17(19,20)21/h2-9H,1H3,(H,22,24,26). The number of aromatic nitrogens is 3. The van der Waals surface area contributed by atoms with Crippen LogP contribution in [-0.4, -0.2) is 20.7 Å². The molecule has 0 atom stereocenters. The molecule has 9 heteroatoms. The number of hydrogen-bond donors (Lipinski definition) is 1. The number of nitrogens with one attached hydrogen (secondary N) is 1. The zero-order valence-electron chi connectivity index (χ0n) is 13.4. The number of halogens is 4. The average molecular weight is 425 g/mol. The molecule has 0 aliphatic rings. The van der Waals surface area contributed by atoms with Gasteiger partial charge >= 0.3 is 6.18 Å². The second-order valence-corrected chi connectivity index (χ2v) is 6.40. The highest BCUT2D eigenvalue weighted by Crippen LogP contribution is 2.30. The van der Waals surface area contributed by atoms with E-state index < -0.39 is 17.6 Å². The summed E-state index contributed by atoms with van der Waals surface area (Å²) in [6.45, 7) is 1.86. The number of alkyl halides is 3. The first-order valence-electron chi connectivity index (χ1n) is 7.40. The molecule has 1 N–H and O–H groups in total. The molecular formula is C17H12BrF3N4O. The van der Waals surface area contributed by atoms with Crippen molar-refractivity contribution in [2.45, 2.75) is 13.1 Å². The number of carbonyl (C=O) groups excluding carboxylic acids is 1. The van der Waals surface area contributed by atoms with E-state index in [4.69, 9.17) is 0 Å². The molecule has 0 fully saturated rings. The second kappa shape index (κ2) is 6.91. The summed E-state index contributed by atoms with van der Waals surface area (Å²) in [7, 11) is 0. The van der Waals surface area contributed by atoms with Gasteiger partial charge in [0.15, 0.2) is 0 Å². The lowest BCUT2D eigenvalue weighted by atomic mass is 10.1. The lowest BCUT2D eigenvalue weighted by Gasteiger charge is -2.11. The molecule has 2 aromatic heterocycles. The number of pyridine rings is 1. The van der Waals surface area contributed by atoms with Crippen molar-refractivity contribution in [2.24, 2.45) is 0 Å². The Morgan fingerprint density at radius 1 is 1.23 bits per heavy atom. The monoisotopic (exact) mass is 424 g/mol. The maximum absolute atomic E-state index is 12.8. The summed E-state index contributed by atoms with van der Waals surface area (Å²) in [6, 6.07) is 6.56. The molecule has 0 bridgehead atoms. The highest BCUT2D eigenvalue weighted by molar-refractivity contribution is 9.10. The molecular weight excluding hydrogens is 413 g/mol. The first-order chi connectivity index (χ1) is 12.2. The van der Waals surface area contributed by atoms with Gasteiger partial charge in [-0.3, -0.25) is 4.79 Å². The number of hydrogen-bond acceptors (Lipinski definition) is 3. The topological polar surface area (TPSA) is 59.8 Å². The third-order valence-corrected chi connectivity index (χ3v) is 4.01. The molecule has 0 unspecified atom stereocenters. The Morgan fingerprint density at radius 2 is 2.00 bits per heavy atom. The van der Waals surface area contributed by atoms with E-state index in [2.05, 4.69) is 31.3 Å². The van der Waals surface area contributed by atoms with Crippen LogP contribution in [0.2, 0.25) is 0 Å². The number of amides is 1. The molecule has 0 saturated heterocycles. The van der Waals surface area contributed by atoms with Crippen molar-refractivity contribution < 1.29 is 18.0 Å². The van der Waals surface area contributed by atoms with Gasteiger partial charge in [0.05, 0.1) is 21.9 Å². The molecule has 0 radical (unpaired) electrons. The minimum absolute atomic E-state index is 0.172. The van der Waals surface area contributed by atoms with Crippen molar-refractivity contribution in [2.75, 3.05) is 5.32 Å². The normalized spacial score (nSPS) is 11.4. The van der Waals surface area contributed by atoms with E-state index in [1.165, 1.54) is 0 Å². The van der Waals surface area contributed by atoms with Crippen LogP contribution in [0.5, 0.6) is 0 Å². The SMILES string of the molecule is Cc1ccc(C(=O)Nc2cc(C(F)(F)F)ccn2)cc1-n1cc(Br)cn1. The Hall–Kier alpha value is -2.68. The molecule has 0 aliphatic carbocycles. The number of aryl methyl sites for hydroxylation is 1. The molecule has 3 rings (SSSR count). The first-order valence-corrected chi connectivity index (χ1v) is 8.19. The molecule has 134 valence electrons. The molecule has 1 amide bonds. The third kappa shape index (κ3) is 3.93. The maximum Gasteiger partial charge on any atom is 0.416 e. The van der Waals surface area contributed by atoms with E-state index in [1.807, 2.05) is 6.92 Å². The summed E-state index contributed by atoms with van der Waals surface area (Å²) < 4.78 is 40.7. The summed E-state index contributed by atoms with van der Waals surface area (Å²) in [5.74, 6) is -0.738. The number of nitrogens with zero attached hydrogens (tertiary/aromatic N) is 3.